The molecule has 0 spiro atoms. The zero-order chi connectivity index (χ0) is 25.4. The van der Waals surface area contributed by atoms with E-state index in [0.29, 0.717) is 41.5 Å². The van der Waals surface area contributed by atoms with Crippen LogP contribution in [0.1, 0.15) is 58.2 Å². The third-order valence-corrected chi connectivity index (χ3v) is 7.11. The van der Waals surface area contributed by atoms with E-state index < -0.39 is 11.7 Å². The summed E-state index contributed by atoms with van der Waals surface area (Å²) in [7, 11) is 1.36. The van der Waals surface area contributed by atoms with Gasteiger partial charge in [0.05, 0.1) is 25.7 Å². The standard InChI is InChI=1S/C28H24ClF3O4/c1-34-27(33)13-17-15-35-26-14-19(6-7-20(17)26)36-25-11-9-21-22(25)8-10-24(28(30,31)32)23(21)12-16-2-4-18(29)5-3-16/h2-8,10,14,17,25H,9,11-13,15H2,1H3. The van der Waals surface area contributed by atoms with Crippen molar-refractivity contribution in [3.63, 3.8) is 0 Å². The fraction of sp³-hybridized carbons (Fsp3) is 0.321. The van der Waals surface area contributed by atoms with Crippen LogP contribution in [-0.4, -0.2) is 19.7 Å². The molecule has 2 unspecified atom stereocenters. The summed E-state index contributed by atoms with van der Waals surface area (Å²) >= 11 is 5.95. The van der Waals surface area contributed by atoms with Crippen molar-refractivity contribution in [1.82, 2.24) is 0 Å². The molecule has 1 aliphatic carbocycles. The summed E-state index contributed by atoms with van der Waals surface area (Å²) < 4.78 is 58.4. The summed E-state index contributed by atoms with van der Waals surface area (Å²) in [6, 6.07) is 15.0. The van der Waals surface area contributed by atoms with E-state index in [2.05, 4.69) is 0 Å². The van der Waals surface area contributed by atoms with Gasteiger partial charge in [-0.25, -0.2) is 0 Å². The Morgan fingerprint density at radius 3 is 2.56 bits per heavy atom. The van der Waals surface area contributed by atoms with Gasteiger partial charge in [0.15, 0.2) is 0 Å². The Kier molecular flexibility index (Phi) is 6.60. The van der Waals surface area contributed by atoms with Crippen molar-refractivity contribution in [3.05, 3.63) is 93.0 Å². The SMILES string of the molecule is COC(=O)CC1COc2cc(OC3CCc4c3ccc(C(F)(F)F)c4Cc3ccc(Cl)cc3)ccc21. The highest BCUT2D eigenvalue weighted by molar-refractivity contribution is 6.30. The van der Waals surface area contributed by atoms with Crippen LogP contribution in [0.4, 0.5) is 13.2 Å². The number of fused-ring (bicyclic) bond motifs is 2. The maximum Gasteiger partial charge on any atom is 0.416 e. The highest BCUT2D eigenvalue weighted by Crippen LogP contribution is 2.44. The van der Waals surface area contributed by atoms with Crippen LogP contribution in [-0.2, 0) is 28.5 Å². The minimum absolute atomic E-state index is 0.0788. The molecule has 36 heavy (non-hydrogen) atoms. The molecule has 0 saturated carbocycles. The molecule has 2 atom stereocenters. The minimum atomic E-state index is -4.45. The van der Waals surface area contributed by atoms with Gasteiger partial charge in [-0.2, -0.15) is 13.2 Å². The first-order valence-corrected chi connectivity index (χ1v) is 12.1. The molecular formula is C28H24ClF3O4. The molecule has 3 aromatic rings. The van der Waals surface area contributed by atoms with Crippen LogP contribution in [0.15, 0.2) is 54.6 Å². The average molecular weight is 517 g/mol. The van der Waals surface area contributed by atoms with E-state index in [9.17, 15) is 18.0 Å². The van der Waals surface area contributed by atoms with Gasteiger partial charge < -0.3 is 14.2 Å². The molecule has 3 aromatic carbocycles. The Morgan fingerprint density at radius 1 is 1.08 bits per heavy atom. The molecule has 0 saturated heterocycles. The lowest BCUT2D eigenvalue weighted by Crippen LogP contribution is -2.13. The Balaban J connectivity index is 1.41. The first-order chi connectivity index (χ1) is 17.2. The summed E-state index contributed by atoms with van der Waals surface area (Å²) in [5.41, 5.74) is 2.83. The molecule has 0 radical (unpaired) electrons. The molecule has 0 bridgehead atoms. The Morgan fingerprint density at radius 2 is 1.83 bits per heavy atom. The van der Waals surface area contributed by atoms with Crippen molar-refractivity contribution in [2.75, 3.05) is 13.7 Å². The summed E-state index contributed by atoms with van der Waals surface area (Å²) in [5.74, 6) is 0.844. The van der Waals surface area contributed by atoms with Gasteiger partial charge in [-0.1, -0.05) is 35.9 Å². The van der Waals surface area contributed by atoms with Crippen LogP contribution in [0.5, 0.6) is 11.5 Å². The maximum atomic E-state index is 13.9. The van der Waals surface area contributed by atoms with Crippen LogP contribution in [0, 0.1) is 0 Å². The number of carbonyl (C=O) groups is 1. The predicted octanol–water partition coefficient (Wildman–Crippen LogP) is 7.06. The van der Waals surface area contributed by atoms with Gasteiger partial charge in [0, 0.05) is 22.6 Å². The summed E-state index contributed by atoms with van der Waals surface area (Å²) in [5, 5.41) is 0.538. The van der Waals surface area contributed by atoms with E-state index >= 15 is 0 Å². The van der Waals surface area contributed by atoms with Crippen molar-refractivity contribution in [2.45, 2.75) is 43.9 Å². The fourth-order valence-electron chi connectivity index (χ4n) is 5.08. The van der Waals surface area contributed by atoms with Gasteiger partial charge in [0.2, 0.25) is 0 Å². The summed E-state index contributed by atoms with van der Waals surface area (Å²) in [6.45, 7) is 0.383. The molecule has 1 heterocycles. The molecule has 1 aliphatic heterocycles. The number of ether oxygens (including phenoxy) is 3. The monoisotopic (exact) mass is 516 g/mol. The zero-order valence-corrected chi connectivity index (χ0v) is 20.3. The van der Waals surface area contributed by atoms with Crippen molar-refractivity contribution < 1.29 is 32.2 Å². The predicted molar refractivity (Wildman–Crippen MR) is 129 cm³/mol. The normalized spacial score (nSPS) is 18.4. The second-order valence-corrected chi connectivity index (χ2v) is 9.53. The highest BCUT2D eigenvalue weighted by Gasteiger charge is 2.37. The van der Waals surface area contributed by atoms with Gasteiger partial charge >= 0.3 is 12.1 Å². The Hall–Kier alpha value is -3.19. The molecule has 5 rings (SSSR count). The van der Waals surface area contributed by atoms with Crippen LogP contribution in [0.3, 0.4) is 0 Å². The number of benzene rings is 3. The Bertz CT molecular complexity index is 1290. The highest BCUT2D eigenvalue weighted by atomic mass is 35.5. The number of hydrogen-bond donors (Lipinski definition) is 0. The molecular weight excluding hydrogens is 493 g/mol. The second-order valence-electron chi connectivity index (χ2n) is 9.09. The number of alkyl halides is 3. The Labute approximate surface area is 211 Å². The molecule has 0 N–H and O–H groups in total. The summed E-state index contributed by atoms with van der Waals surface area (Å²) in [4.78, 5) is 11.7. The number of halogens is 4. The average Bonchev–Trinajstić information content (AvgIpc) is 3.44. The van der Waals surface area contributed by atoms with Gasteiger partial charge in [0.25, 0.3) is 0 Å². The van der Waals surface area contributed by atoms with Gasteiger partial charge in [-0.05, 0) is 65.8 Å². The van der Waals surface area contributed by atoms with Crippen LogP contribution in [0.25, 0.3) is 0 Å². The number of hydrogen-bond acceptors (Lipinski definition) is 4. The third kappa shape index (κ3) is 4.89. The van der Waals surface area contributed by atoms with E-state index in [1.165, 1.54) is 13.2 Å². The first-order valence-electron chi connectivity index (χ1n) is 11.7. The molecule has 2 aliphatic rings. The van der Waals surface area contributed by atoms with E-state index in [4.69, 9.17) is 25.8 Å². The first kappa shape index (κ1) is 24.5. The van der Waals surface area contributed by atoms with Crippen molar-refractivity contribution in [2.24, 2.45) is 0 Å². The molecule has 0 fully saturated rings. The summed E-state index contributed by atoms with van der Waals surface area (Å²) in [6.07, 6.45) is -3.35. The van der Waals surface area contributed by atoms with Crippen LogP contribution in [0.2, 0.25) is 5.02 Å². The lowest BCUT2D eigenvalue weighted by atomic mass is 9.92. The van der Waals surface area contributed by atoms with E-state index in [1.807, 2.05) is 12.1 Å². The second kappa shape index (κ2) is 9.69. The molecule has 0 amide bonds. The van der Waals surface area contributed by atoms with E-state index in [-0.39, 0.29) is 36.4 Å². The lowest BCUT2D eigenvalue weighted by Gasteiger charge is -2.20. The molecule has 8 heteroatoms. The minimum Gasteiger partial charge on any atom is -0.492 e. The molecule has 0 aromatic heterocycles. The zero-order valence-electron chi connectivity index (χ0n) is 19.5. The van der Waals surface area contributed by atoms with E-state index in [0.717, 1.165) is 22.8 Å². The van der Waals surface area contributed by atoms with Crippen LogP contribution < -0.4 is 9.47 Å². The number of rotatable bonds is 6. The third-order valence-electron chi connectivity index (χ3n) is 6.85. The number of carbonyl (C=O) groups excluding carboxylic acids is 1. The fourth-order valence-corrected chi connectivity index (χ4v) is 5.21. The number of esters is 1. The van der Waals surface area contributed by atoms with Gasteiger partial charge in [-0.15, -0.1) is 0 Å². The van der Waals surface area contributed by atoms with Crippen LogP contribution >= 0.6 is 11.6 Å². The van der Waals surface area contributed by atoms with Crippen molar-refractivity contribution >= 4 is 17.6 Å². The smallest absolute Gasteiger partial charge is 0.416 e. The molecule has 188 valence electrons. The quantitative estimate of drug-likeness (QED) is 0.329. The van der Waals surface area contributed by atoms with Gasteiger partial charge in [0.1, 0.15) is 17.6 Å². The van der Waals surface area contributed by atoms with Crippen molar-refractivity contribution in [1.29, 1.82) is 0 Å². The number of methoxy groups -OCH3 is 1. The van der Waals surface area contributed by atoms with E-state index in [1.54, 1.807) is 30.3 Å². The maximum absolute atomic E-state index is 13.9. The largest absolute Gasteiger partial charge is 0.492 e. The van der Waals surface area contributed by atoms with Crippen molar-refractivity contribution in [3.8, 4) is 11.5 Å². The molecule has 4 nitrogen and oxygen atoms in total. The topological polar surface area (TPSA) is 44.8 Å². The van der Waals surface area contributed by atoms with Gasteiger partial charge in [-0.3, -0.25) is 4.79 Å². The lowest BCUT2D eigenvalue weighted by molar-refractivity contribution is -0.141.